The maximum absolute atomic E-state index is 11.5. The van der Waals surface area contributed by atoms with Crippen molar-refractivity contribution in [2.45, 2.75) is 43.2 Å². The summed E-state index contributed by atoms with van der Waals surface area (Å²) >= 11 is 0. The summed E-state index contributed by atoms with van der Waals surface area (Å²) in [5, 5.41) is 3.57. The van der Waals surface area contributed by atoms with E-state index >= 15 is 0 Å². The third-order valence-corrected chi connectivity index (χ3v) is 5.52. The SMILES string of the molecule is CC(NCC1CCCCN1C)c1ccc(S(C)(=O)=O)cc1. The second-order valence-corrected chi connectivity index (χ2v) is 8.12. The van der Waals surface area contributed by atoms with Gasteiger partial charge in [0.25, 0.3) is 0 Å². The Morgan fingerprint density at radius 3 is 2.52 bits per heavy atom. The minimum atomic E-state index is -3.11. The summed E-state index contributed by atoms with van der Waals surface area (Å²) in [7, 11) is -0.918. The molecule has 0 aliphatic carbocycles. The van der Waals surface area contributed by atoms with Crippen molar-refractivity contribution in [3.05, 3.63) is 29.8 Å². The lowest BCUT2D eigenvalue weighted by molar-refractivity contribution is 0.178. The number of nitrogens with one attached hydrogen (secondary N) is 1. The predicted molar refractivity (Wildman–Crippen MR) is 86.2 cm³/mol. The lowest BCUT2D eigenvalue weighted by Crippen LogP contribution is -2.43. The quantitative estimate of drug-likeness (QED) is 0.906. The number of sulfone groups is 1. The summed E-state index contributed by atoms with van der Waals surface area (Å²) in [5.74, 6) is 0. The molecule has 0 amide bonds. The van der Waals surface area contributed by atoms with Gasteiger partial charge < -0.3 is 10.2 Å². The number of likely N-dealkylation sites (N-methyl/N-ethyl adjacent to an activating group) is 1. The highest BCUT2D eigenvalue weighted by Crippen LogP contribution is 2.18. The Kier molecular flexibility index (Phi) is 5.41. The fraction of sp³-hybridized carbons (Fsp3) is 0.625. The van der Waals surface area contributed by atoms with Crippen molar-refractivity contribution in [1.29, 1.82) is 0 Å². The molecule has 0 radical (unpaired) electrons. The molecule has 118 valence electrons. The molecule has 1 fully saturated rings. The first-order valence-corrected chi connectivity index (χ1v) is 9.50. The van der Waals surface area contributed by atoms with Gasteiger partial charge in [-0.2, -0.15) is 0 Å². The standard InChI is InChI=1S/C16H26N2O2S/c1-13(17-12-15-6-4-5-11-18(15)2)14-7-9-16(10-8-14)21(3,19)20/h7-10,13,15,17H,4-6,11-12H2,1-3H3. The van der Waals surface area contributed by atoms with E-state index < -0.39 is 9.84 Å². The number of likely N-dealkylation sites (tertiary alicyclic amines) is 1. The van der Waals surface area contributed by atoms with E-state index in [0.717, 1.165) is 12.1 Å². The third kappa shape index (κ3) is 4.53. The summed E-state index contributed by atoms with van der Waals surface area (Å²) in [6, 6.07) is 8.02. The minimum Gasteiger partial charge on any atom is -0.309 e. The fourth-order valence-corrected chi connectivity index (χ4v) is 3.47. The van der Waals surface area contributed by atoms with Gasteiger partial charge in [0.05, 0.1) is 4.90 Å². The molecule has 1 aliphatic rings. The van der Waals surface area contributed by atoms with E-state index in [1.165, 1.54) is 32.1 Å². The van der Waals surface area contributed by atoms with Crippen LogP contribution in [-0.4, -0.2) is 45.8 Å². The molecule has 1 heterocycles. The van der Waals surface area contributed by atoms with Crippen LogP contribution in [0, 0.1) is 0 Å². The van der Waals surface area contributed by atoms with Crippen molar-refractivity contribution in [3.8, 4) is 0 Å². The molecule has 0 saturated carbocycles. The highest BCUT2D eigenvalue weighted by molar-refractivity contribution is 7.90. The van der Waals surface area contributed by atoms with Crippen molar-refractivity contribution in [2.75, 3.05) is 26.4 Å². The Morgan fingerprint density at radius 1 is 1.29 bits per heavy atom. The van der Waals surface area contributed by atoms with Crippen LogP contribution in [0.25, 0.3) is 0 Å². The van der Waals surface area contributed by atoms with Crippen LogP contribution < -0.4 is 5.32 Å². The lowest BCUT2D eigenvalue weighted by Gasteiger charge is -2.33. The maximum Gasteiger partial charge on any atom is 0.175 e. The van der Waals surface area contributed by atoms with Crippen molar-refractivity contribution >= 4 is 9.84 Å². The number of rotatable bonds is 5. The molecule has 4 nitrogen and oxygen atoms in total. The van der Waals surface area contributed by atoms with Crippen molar-refractivity contribution in [1.82, 2.24) is 10.2 Å². The van der Waals surface area contributed by atoms with Crippen molar-refractivity contribution in [3.63, 3.8) is 0 Å². The van der Waals surface area contributed by atoms with Gasteiger partial charge in [-0.15, -0.1) is 0 Å². The monoisotopic (exact) mass is 310 g/mol. The molecular weight excluding hydrogens is 284 g/mol. The molecule has 1 saturated heterocycles. The Hall–Kier alpha value is -0.910. The lowest BCUT2D eigenvalue weighted by atomic mass is 10.0. The topological polar surface area (TPSA) is 49.4 Å². The fourth-order valence-electron chi connectivity index (χ4n) is 2.84. The first-order valence-electron chi connectivity index (χ1n) is 7.61. The first-order chi connectivity index (χ1) is 9.88. The zero-order valence-corrected chi connectivity index (χ0v) is 14.0. The number of piperidine rings is 1. The van der Waals surface area contributed by atoms with Gasteiger partial charge in [0.2, 0.25) is 0 Å². The second-order valence-electron chi connectivity index (χ2n) is 6.10. The van der Waals surface area contributed by atoms with Crippen LogP contribution in [0.1, 0.15) is 37.8 Å². The predicted octanol–water partition coefficient (Wildman–Crippen LogP) is 2.22. The van der Waals surface area contributed by atoms with E-state index in [2.05, 4.69) is 24.2 Å². The molecule has 1 aliphatic heterocycles. The summed E-state index contributed by atoms with van der Waals surface area (Å²) in [4.78, 5) is 2.81. The van der Waals surface area contributed by atoms with Crippen LogP contribution in [0.3, 0.4) is 0 Å². The molecule has 2 rings (SSSR count). The molecule has 0 spiro atoms. The summed E-state index contributed by atoms with van der Waals surface area (Å²) in [5.41, 5.74) is 1.13. The smallest absolute Gasteiger partial charge is 0.175 e. The molecule has 2 unspecified atom stereocenters. The average molecular weight is 310 g/mol. The zero-order chi connectivity index (χ0) is 15.5. The molecule has 21 heavy (non-hydrogen) atoms. The van der Waals surface area contributed by atoms with Gasteiger partial charge >= 0.3 is 0 Å². The van der Waals surface area contributed by atoms with Crippen LogP contribution in [0.2, 0.25) is 0 Å². The van der Waals surface area contributed by atoms with Gasteiger partial charge in [-0.25, -0.2) is 8.42 Å². The highest BCUT2D eigenvalue weighted by atomic mass is 32.2. The molecule has 2 atom stereocenters. The summed E-state index contributed by atoms with van der Waals surface area (Å²) in [6.45, 7) is 4.29. The summed E-state index contributed by atoms with van der Waals surface area (Å²) < 4.78 is 22.9. The van der Waals surface area contributed by atoms with Crippen LogP contribution in [0.5, 0.6) is 0 Å². The third-order valence-electron chi connectivity index (χ3n) is 4.39. The number of hydrogen-bond acceptors (Lipinski definition) is 4. The molecule has 5 heteroatoms. The van der Waals surface area contributed by atoms with Crippen molar-refractivity contribution in [2.24, 2.45) is 0 Å². The van der Waals surface area contributed by atoms with Gasteiger partial charge in [0.15, 0.2) is 9.84 Å². The molecular formula is C16H26N2O2S. The first kappa shape index (κ1) is 16.5. The second kappa shape index (κ2) is 6.90. The van der Waals surface area contributed by atoms with E-state index in [1.807, 2.05) is 12.1 Å². The molecule has 0 bridgehead atoms. The number of nitrogens with zero attached hydrogens (tertiary/aromatic N) is 1. The Bertz CT molecular complexity index is 554. The van der Waals surface area contributed by atoms with Crippen LogP contribution in [0.4, 0.5) is 0 Å². The molecule has 1 N–H and O–H groups in total. The van der Waals surface area contributed by atoms with Crippen LogP contribution in [0.15, 0.2) is 29.2 Å². The highest BCUT2D eigenvalue weighted by Gasteiger charge is 2.19. The van der Waals surface area contributed by atoms with Gasteiger partial charge in [-0.3, -0.25) is 0 Å². The molecule has 1 aromatic rings. The Balaban J connectivity index is 1.92. The zero-order valence-electron chi connectivity index (χ0n) is 13.2. The largest absolute Gasteiger partial charge is 0.309 e. The maximum atomic E-state index is 11.5. The Labute approximate surface area is 128 Å². The van der Waals surface area contributed by atoms with E-state index in [9.17, 15) is 8.42 Å². The van der Waals surface area contributed by atoms with Gasteiger partial charge in [-0.1, -0.05) is 18.6 Å². The minimum absolute atomic E-state index is 0.230. The molecule has 0 aromatic heterocycles. The summed E-state index contributed by atoms with van der Waals surface area (Å²) in [6.07, 6.45) is 5.11. The Morgan fingerprint density at radius 2 is 1.95 bits per heavy atom. The van der Waals surface area contributed by atoms with Crippen LogP contribution in [-0.2, 0) is 9.84 Å². The van der Waals surface area contributed by atoms with Gasteiger partial charge in [-0.05, 0) is 51.1 Å². The van der Waals surface area contributed by atoms with E-state index in [0.29, 0.717) is 10.9 Å². The van der Waals surface area contributed by atoms with Gasteiger partial charge in [0.1, 0.15) is 0 Å². The van der Waals surface area contributed by atoms with E-state index in [1.54, 1.807) is 12.1 Å². The van der Waals surface area contributed by atoms with E-state index in [4.69, 9.17) is 0 Å². The average Bonchev–Trinajstić information content (AvgIpc) is 2.45. The number of benzene rings is 1. The van der Waals surface area contributed by atoms with E-state index in [-0.39, 0.29) is 6.04 Å². The molecule has 1 aromatic carbocycles. The van der Waals surface area contributed by atoms with Gasteiger partial charge in [0, 0.05) is 24.9 Å². The van der Waals surface area contributed by atoms with Crippen molar-refractivity contribution < 1.29 is 8.42 Å². The van der Waals surface area contributed by atoms with Crippen LogP contribution >= 0.6 is 0 Å². The number of hydrogen-bond donors (Lipinski definition) is 1. The normalized spacial score (nSPS) is 22.1.